The van der Waals surface area contributed by atoms with Crippen molar-refractivity contribution in [3.05, 3.63) is 70.2 Å². The van der Waals surface area contributed by atoms with Crippen molar-refractivity contribution >= 4 is 32.5 Å². The van der Waals surface area contributed by atoms with Gasteiger partial charge in [-0.15, -0.1) is 0 Å². The third-order valence-corrected chi connectivity index (χ3v) is 5.12. The van der Waals surface area contributed by atoms with E-state index in [1.807, 2.05) is 54.6 Å². The first-order valence-electron chi connectivity index (χ1n) is 6.25. The van der Waals surface area contributed by atoms with Crippen molar-refractivity contribution in [1.82, 2.24) is 0 Å². The molecule has 0 aliphatic heterocycles. The van der Waals surface area contributed by atoms with Gasteiger partial charge in [0.05, 0.1) is 11.0 Å². The minimum atomic E-state index is -1.27. The Balaban J connectivity index is 2.44. The normalized spacial score (nSPS) is 13.7. The van der Waals surface area contributed by atoms with Crippen LogP contribution < -0.4 is 0 Å². The van der Waals surface area contributed by atoms with Crippen molar-refractivity contribution in [1.29, 1.82) is 0 Å². The molecule has 0 radical (unpaired) electrons. The molecule has 104 valence electrons. The lowest BCUT2D eigenvalue weighted by Crippen LogP contribution is -2.15. The van der Waals surface area contributed by atoms with Gasteiger partial charge in [0.1, 0.15) is 5.78 Å². The number of halogens is 1. The highest BCUT2D eigenvalue weighted by Gasteiger charge is 2.22. The van der Waals surface area contributed by atoms with Gasteiger partial charge in [0.2, 0.25) is 0 Å². The maximum atomic E-state index is 12.5. The van der Waals surface area contributed by atoms with Crippen molar-refractivity contribution in [3.63, 3.8) is 0 Å². The highest BCUT2D eigenvalue weighted by molar-refractivity contribution is 9.10. The van der Waals surface area contributed by atoms with E-state index in [2.05, 4.69) is 15.9 Å². The third-order valence-electron chi connectivity index (χ3n) is 2.86. The second-order valence-electron chi connectivity index (χ2n) is 4.57. The fourth-order valence-electron chi connectivity index (χ4n) is 2.08. The van der Waals surface area contributed by atoms with Crippen LogP contribution in [0.5, 0.6) is 0 Å². The summed E-state index contributed by atoms with van der Waals surface area (Å²) in [6.07, 6.45) is 0. The Morgan fingerprint density at radius 3 is 2.35 bits per heavy atom. The number of rotatable bonds is 5. The van der Waals surface area contributed by atoms with Crippen LogP contribution in [0.15, 0.2) is 59.1 Å². The summed E-state index contributed by atoms with van der Waals surface area (Å²) in [6, 6.07) is 17.4. The van der Waals surface area contributed by atoms with Crippen molar-refractivity contribution in [3.8, 4) is 0 Å². The summed E-state index contributed by atoms with van der Waals surface area (Å²) in [6.45, 7) is 1.47. The Labute approximate surface area is 129 Å². The Kier molecular flexibility index (Phi) is 5.26. The summed E-state index contributed by atoms with van der Waals surface area (Å²) in [7, 11) is -1.27. The SMILES string of the molecule is CC(=O)CS(=O)C(c1ccccc1)c1cccc(Br)c1. The Bertz CT molecular complexity index is 625. The van der Waals surface area contributed by atoms with Gasteiger partial charge in [-0.2, -0.15) is 0 Å². The van der Waals surface area contributed by atoms with Crippen LogP contribution in [0.2, 0.25) is 0 Å². The van der Waals surface area contributed by atoms with E-state index in [1.165, 1.54) is 6.92 Å². The smallest absolute Gasteiger partial charge is 0.142 e. The van der Waals surface area contributed by atoms with Crippen LogP contribution in [0.4, 0.5) is 0 Å². The van der Waals surface area contributed by atoms with Gasteiger partial charge in [-0.05, 0) is 30.2 Å². The monoisotopic (exact) mass is 350 g/mol. The van der Waals surface area contributed by atoms with Crippen LogP contribution in [-0.2, 0) is 15.6 Å². The molecule has 0 spiro atoms. The average molecular weight is 351 g/mol. The molecule has 0 saturated carbocycles. The van der Waals surface area contributed by atoms with Gasteiger partial charge in [0.25, 0.3) is 0 Å². The summed E-state index contributed by atoms with van der Waals surface area (Å²) in [5.74, 6) is 0.0192. The summed E-state index contributed by atoms with van der Waals surface area (Å²) < 4.78 is 13.5. The predicted molar refractivity (Wildman–Crippen MR) is 86.1 cm³/mol. The van der Waals surface area contributed by atoms with E-state index < -0.39 is 10.8 Å². The minimum Gasteiger partial charge on any atom is -0.299 e. The Morgan fingerprint density at radius 1 is 1.10 bits per heavy atom. The maximum Gasteiger partial charge on any atom is 0.142 e. The van der Waals surface area contributed by atoms with Gasteiger partial charge in [0, 0.05) is 15.3 Å². The average Bonchev–Trinajstić information content (AvgIpc) is 2.39. The molecule has 0 aliphatic carbocycles. The zero-order valence-corrected chi connectivity index (χ0v) is 13.5. The van der Waals surface area contributed by atoms with Gasteiger partial charge < -0.3 is 0 Å². The molecular formula is C16H15BrO2S. The van der Waals surface area contributed by atoms with E-state index in [1.54, 1.807) is 0 Å². The molecule has 0 aliphatic rings. The molecule has 2 aromatic carbocycles. The van der Waals surface area contributed by atoms with Gasteiger partial charge in [-0.25, -0.2) is 0 Å². The van der Waals surface area contributed by atoms with E-state index >= 15 is 0 Å². The molecule has 0 bridgehead atoms. The molecule has 0 aromatic heterocycles. The fraction of sp³-hybridized carbons (Fsp3) is 0.188. The Hall–Kier alpha value is -1.26. The largest absolute Gasteiger partial charge is 0.299 e. The number of benzene rings is 2. The molecule has 0 amide bonds. The first-order valence-corrected chi connectivity index (χ1v) is 8.42. The van der Waals surface area contributed by atoms with Crippen molar-refractivity contribution in [2.24, 2.45) is 0 Å². The quantitative estimate of drug-likeness (QED) is 0.819. The van der Waals surface area contributed by atoms with Crippen LogP contribution in [0.3, 0.4) is 0 Å². The molecule has 2 rings (SSSR count). The lowest BCUT2D eigenvalue weighted by atomic mass is 10.0. The molecule has 0 saturated heterocycles. The van der Waals surface area contributed by atoms with E-state index in [0.29, 0.717) is 0 Å². The van der Waals surface area contributed by atoms with E-state index in [-0.39, 0.29) is 16.8 Å². The molecule has 0 fully saturated rings. The van der Waals surface area contributed by atoms with Crippen LogP contribution in [0, 0.1) is 0 Å². The minimum absolute atomic E-state index is 0.0562. The first kappa shape index (κ1) is 15.1. The molecule has 20 heavy (non-hydrogen) atoms. The number of hydrogen-bond acceptors (Lipinski definition) is 2. The van der Waals surface area contributed by atoms with E-state index in [0.717, 1.165) is 15.6 Å². The summed E-state index contributed by atoms with van der Waals surface area (Å²) in [5, 5.41) is -0.280. The van der Waals surface area contributed by atoms with Gasteiger partial charge in [-0.1, -0.05) is 58.4 Å². The lowest BCUT2D eigenvalue weighted by Gasteiger charge is -2.17. The van der Waals surface area contributed by atoms with E-state index in [4.69, 9.17) is 0 Å². The van der Waals surface area contributed by atoms with Crippen LogP contribution in [0.1, 0.15) is 23.3 Å². The number of carbonyl (C=O) groups is 1. The number of hydrogen-bond donors (Lipinski definition) is 0. The second kappa shape index (κ2) is 6.95. The van der Waals surface area contributed by atoms with Crippen LogP contribution in [0.25, 0.3) is 0 Å². The number of ketones is 1. The third kappa shape index (κ3) is 3.87. The zero-order valence-electron chi connectivity index (χ0n) is 11.1. The molecular weight excluding hydrogens is 336 g/mol. The summed E-state index contributed by atoms with van der Waals surface area (Å²) in [4.78, 5) is 11.3. The van der Waals surface area contributed by atoms with Gasteiger partial charge in [-0.3, -0.25) is 9.00 Å². The molecule has 0 heterocycles. The zero-order chi connectivity index (χ0) is 14.5. The molecule has 2 nitrogen and oxygen atoms in total. The topological polar surface area (TPSA) is 34.1 Å². The van der Waals surface area contributed by atoms with Crippen molar-refractivity contribution in [2.45, 2.75) is 12.2 Å². The van der Waals surface area contributed by atoms with E-state index in [9.17, 15) is 9.00 Å². The fourth-order valence-corrected chi connectivity index (χ4v) is 3.97. The predicted octanol–water partition coefficient (Wildman–Crippen LogP) is 3.88. The van der Waals surface area contributed by atoms with Gasteiger partial charge >= 0.3 is 0 Å². The number of carbonyl (C=O) groups excluding carboxylic acids is 1. The first-order chi connectivity index (χ1) is 9.58. The van der Waals surface area contributed by atoms with Crippen molar-refractivity contribution in [2.75, 3.05) is 5.75 Å². The molecule has 2 unspecified atom stereocenters. The number of Topliss-reactive ketones (excluding diaryl/α,β-unsaturated/α-hetero) is 1. The molecule has 2 aromatic rings. The summed E-state index contributed by atoms with van der Waals surface area (Å²) >= 11 is 3.44. The molecule has 4 heteroatoms. The lowest BCUT2D eigenvalue weighted by molar-refractivity contribution is -0.114. The highest BCUT2D eigenvalue weighted by Crippen LogP contribution is 2.30. The Morgan fingerprint density at radius 2 is 1.75 bits per heavy atom. The standard InChI is InChI=1S/C16H15BrO2S/c1-12(18)11-20(19)16(13-6-3-2-4-7-13)14-8-5-9-15(17)10-14/h2-10,16H,11H2,1H3. The molecule has 2 atom stereocenters. The van der Waals surface area contributed by atoms with Crippen molar-refractivity contribution < 1.29 is 9.00 Å². The van der Waals surface area contributed by atoms with Gasteiger partial charge in [0.15, 0.2) is 0 Å². The second-order valence-corrected chi connectivity index (χ2v) is 7.01. The highest BCUT2D eigenvalue weighted by atomic mass is 79.9. The maximum absolute atomic E-state index is 12.5. The van der Waals surface area contributed by atoms with Crippen LogP contribution in [-0.4, -0.2) is 15.7 Å². The summed E-state index contributed by atoms with van der Waals surface area (Å²) in [5.41, 5.74) is 1.91. The van der Waals surface area contributed by atoms with Crippen LogP contribution >= 0.6 is 15.9 Å². The molecule has 0 N–H and O–H groups in total.